The highest BCUT2D eigenvalue weighted by Crippen LogP contribution is 2.10. The van der Waals surface area contributed by atoms with Crippen molar-refractivity contribution in [3.63, 3.8) is 0 Å². The second kappa shape index (κ2) is 5.82. The van der Waals surface area contributed by atoms with Crippen molar-refractivity contribution in [1.82, 2.24) is 5.01 Å². The Kier molecular flexibility index (Phi) is 3.93. The summed E-state index contributed by atoms with van der Waals surface area (Å²) in [5.41, 5.74) is 3.95. The number of hydrogen-bond acceptors (Lipinski definition) is 3. The number of rotatable bonds is 3. The van der Waals surface area contributed by atoms with Crippen molar-refractivity contribution in [2.45, 2.75) is 6.92 Å². The molecule has 2 aromatic rings. The van der Waals surface area contributed by atoms with Gasteiger partial charge in [-0.1, -0.05) is 36.4 Å². The molecule has 4 nitrogen and oxygen atoms in total. The zero-order valence-corrected chi connectivity index (χ0v) is 10.5. The average molecular weight is 254 g/mol. The molecule has 0 spiro atoms. The van der Waals surface area contributed by atoms with Crippen LogP contribution in [0.15, 0.2) is 60.7 Å². The lowest BCUT2D eigenvalue weighted by Gasteiger charge is -2.21. The van der Waals surface area contributed by atoms with Gasteiger partial charge in [0, 0.05) is 12.5 Å². The van der Waals surface area contributed by atoms with Crippen LogP contribution in [-0.4, -0.2) is 16.8 Å². The zero-order valence-electron chi connectivity index (χ0n) is 10.5. The van der Waals surface area contributed by atoms with Gasteiger partial charge in [-0.25, -0.2) is 0 Å². The molecule has 0 aliphatic carbocycles. The summed E-state index contributed by atoms with van der Waals surface area (Å²) in [4.78, 5) is 23.8. The quantitative estimate of drug-likeness (QED) is 0.857. The first kappa shape index (κ1) is 12.8. The highest BCUT2D eigenvalue weighted by molar-refractivity contribution is 6.04. The van der Waals surface area contributed by atoms with Gasteiger partial charge in [0.25, 0.3) is 5.91 Å². The first-order valence-electron chi connectivity index (χ1n) is 5.90. The Bertz CT molecular complexity index is 567. The van der Waals surface area contributed by atoms with E-state index in [-0.39, 0.29) is 11.8 Å². The van der Waals surface area contributed by atoms with Gasteiger partial charge in [-0.3, -0.25) is 15.0 Å². The van der Waals surface area contributed by atoms with E-state index in [9.17, 15) is 9.59 Å². The Hall–Kier alpha value is -2.62. The molecule has 1 N–H and O–H groups in total. The summed E-state index contributed by atoms with van der Waals surface area (Å²) < 4.78 is 0. The van der Waals surface area contributed by atoms with E-state index < -0.39 is 0 Å². The molecule has 0 saturated carbocycles. The Morgan fingerprint density at radius 2 is 1.42 bits per heavy atom. The number of imide groups is 1. The molecule has 96 valence electrons. The van der Waals surface area contributed by atoms with Crippen molar-refractivity contribution in [1.29, 1.82) is 0 Å². The normalized spacial score (nSPS) is 9.74. The molecular formula is C15H14N2O2. The third kappa shape index (κ3) is 3.19. The fourth-order valence-corrected chi connectivity index (χ4v) is 1.62. The van der Waals surface area contributed by atoms with Gasteiger partial charge in [0.2, 0.25) is 5.91 Å². The molecule has 0 bridgehead atoms. The third-order valence-electron chi connectivity index (χ3n) is 2.55. The van der Waals surface area contributed by atoms with Gasteiger partial charge >= 0.3 is 0 Å². The summed E-state index contributed by atoms with van der Waals surface area (Å²) in [7, 11) is 0. The van der Waals surface area contributed by atoms with Gasteiger partial charge in [0.05, 0.1) is 5.69 Å². The maximum Gasteiger partial charge on any atom is 0.279 e. The summed E-state index contributed by atoms with van der Waals surface area (Å²) in [6, 6.07) is 17.8. The topological polar surface area (TPSA) is 49.4 Å². The molecular weight excluding hydrogens is 240 g/mol. The van der Waals surface area contributed by atoms with Crippen molar-refractivity contribution in [3.05, 3.63) is 66.2 Å². The van der Waals surface area contributed by atoms with Gasteiger partial charge in [-0.15, -0.1) is 0 Å². The highest BCUT2D eigenvalue weighted by Gasteiger charge is 2.19. The average Bonchev–Trinajstić information content (AvgIpc) is 2.46. The smallest absolute Gasteiger partial charge is 0.279 e. The van der Waals surface area contributed by atoms with Crippen molar-refractivity contribution in [2.75, 3.05) is 5.43 Å². The number of anilines is 1. The number of para-hydroxylation sites is 1. The van der Waals surface area contributed by atoms with Gasteiger partial charge in [0.15, 0.2) is 0 Å². The van der Waals surface area contributed by atoms with Crippen LogP contribution in [0.3, 0.4) is 0 Å². The van der Waals surface area contributed by atoms with Crippen LogP contribution in [-0.2, 0) is 4.79 Å². The lowest BCUT2D eigenvalue weighted by atomic mass is 10.2. The maximum atomic E-state index is 12.2. The van der Waals surface area contributed by atoms with E-state index in [1.165, 1.54) is 6.92 Å². The number of carbonyl (C=O) groups excluding carboxylic acids is 2. The Morgan fingerprint density at radius 3 is 1.95 bits per heavy atom. The second-order valence-corrected chi connectivity index (χ2v) is 4.00. The zero-order chi connectivity index (χ0) is 13.7. The van der Waals surface area contributed by atoms with Gasteiger partial charge < -0.3 is 0 Å². The molecule has 2 amide bonds. The van der Waals surface area contributed by atoms with Gasteiger partial charge in [-0.05, 0) is 24.3 Å². The molecule has 0 aromatic heterocycles. The summed E-state index contributed by atoms with van der Waals surface area (Å²) in [5.74, 6) is -0.741. The fourth-order valence-electron chi connectivity index (χ4n) is 1.62. The maximum absolute atomic E-state index is 12.2. The minimum absolute atomic E-state index is 0.363. The molecule has 4 heteroatoms. The number of nitrogens with one attached hydrogen (secondary N) is 1. The van der Waals surface area contributed by atoms with Crippen LogP contribution in [0.1, 0.15) is 17.3 Å². The highest BCUT2D eigenvalue weighted by atomic mass is 16.2. The standard InChI is InChI=1S/C15H14N2O2/c1-12(18)17(16-14-10-6-3-7-11-14)15(19)13-8-4-2-5-9-13/h2-11,16H,1H3. The Balaban J connectivity index is 2.22. The van der Waals surface area contributed by atoms with E-state index >= 15 is 0 Å². The van der Waals surface area contributed by atoms with Gasteiger partial charge in [-0.2, -0.15) is 5.01 Å². The predicted octanol–water partition coefficient (Wildman–Crippen LogP) is 2.70. The molecule has 0 radical (unpaired) electrons. The van der Waals surface area contributed by atoms with Gasteiger partial charge in [0.1, 0.15) is 0 Å². The lowest BCUT2D eigenvalue weighted by Crippen LogP contribution is -2.39. The molecule has 0 unspecified atom stereocenters. The molecule has 0 heterocycles. The van der Waals surface area contributed by atoms with E-state index in [1.54, 1.807) is 36.4 Å². The van der Waals surface area contributed by atoms with Crippen molar-refractivity contribution in [2.24, 2.45) is 0 Å². The number of hydrazine groups is 1. The molecule has 0 saturated heterocycles. The number of amides is 2. The predicted molar refractivity (Wildman–Crippen MR) is 73.4 cm³/mol. The van der Waals surface area contributed by atoms with Crippen LogP contribution in [0.4, 0.5) is 5.69 Å². The van der Waals surface area contributed by atoms with E-state index in [0.717, 1.165) is 5.01 Å². The lowest BCUT2D eigenvalue weighted by molar-refractivity contribution is -0.125. The molecule has 2 aromatic carbocycles. The Labute approximate surface area is 111 Å². The summed E-state index contributed by atoms with van der Waals surface area (Å²) >= 11 is 0. The summed E-state index contributed by atoms with van der Waals surface area (Å²) in [6.07, 6.45) is 0. The van der Waals surface area contributed by atoms with Crippen LogP contribution in [0.2, 0.25) is 0 Å². The van der Waals surface area contributed by atoms with E-state index in [1.807, 2.05) is 24.3 Å². The molecule has 2 rings (SSSR count). The largest absolute Gasteiger partial charge is 0.289 e. The first-order chi connectivity index (χ1) is 9.18. The van der Waals surface area contributed by atoms with Crippen LogP contribution < -0.4 is 5.43 Å². The Morgan fingerprint density at radius 1 is 0.895 bits per heavy atom. The number of nitrogens with zero attached hydrogens (tertiary/aromatic N) is 1. The molecule has 0 fully saturated rings. The molecule has 0 atom stereocenters. The number of hydrogen-bond donors (Lipinski definition) is 1. The number of benzene rings is 2. The van der Waals surface area contributed by atoms with Crippen LogP contribution in [0.5, 0.6) is 0 Å². The molecule has 0 aliphatic heterocycles. The van der Waals surface area contributed by atoms with E-state index in [2.05, 4.69) is 5.43 Å². The van der Waals surface area contributed by atoms with Crippen molar-refractivity contribution < 1.29 is 9.59 Å². The monoisotopic (exact) mass is 254 g/mol. The summed E-state index contributed by atoms with van der Waals surface area (Å²) in [5, 5.41) is 1.00. The van der Waals surface area contributed by atoms with E-state index in [4.69, 9.17) is 0 Å². The van der Waals surface area contributed by atoms with E-state index in [0.29, 0.717) is 11.3 Å². The van der Waals surface area contributed by atoms with Crippen LogP contribution in [0.25, 0.3) is 0 Å². The minimum atomic E-state index is -0.378. The molecule has 0 aliphatic rings. The second-order valence-electron chi connectivity index (χ2n) is 4.00. The molecule has 19 heavy (non-hydrogen) atoms. The minimum Gasteiger partial charge on any atom is -0.289 e. The SMILES string of the molecule is CC(=O)N(Nc1ccccc1)C(=O)c1ccccc1. The third-order valence-corrected chi connectivity index (χ3v) is 2.55. The van der Waals surface area contributed by atoms with Crippen LogP contribution >= 0.6 is 0 Å². The van der Waals surface area contributed by atoms with Crippen molar-refractivity contribution in [3.8, 4) is 0 Å². The first-order valence-corrected chi connectivity index (χ1v) is 5.90. The van der Waals surface area contributed by atoms with Crippen molar-refractivity contribution >= 4 is 17.5 Å². The number of carbonyl (C=O) groups is 2. The van der Waals surface area contributed by atoms with Crippen LogP contribution in [0, 0.1) is 0 Å². The summed E-state index contributed by atoms with van der Waals surface area (Å²) in [6.45, 7) is 1.34. The fraction of sp³-hybridized carbons (Fsp3) is 0.0667.